The minimum absolute atomic E-state index is 0.0199. The summed E-state index contributed by atoms with van der Waals surface area (Å²) in [4.78, 5) is 18.1. The third-order valence-corrected chi connectivity index (χ3v) is 6.50. The third kappa shape index (κ3) is 3.68. The fourth-order valence-electron chi connectivity index (χ4n) is 3.97. The highest BCUT2D eigenvalue weighted by Crippen LogP contribution is 2.27. The molecule has 2 heterocycles. The first kappa shape index (κ1) is 18.4. The normalized spacial score (nSPS) is 16.6. The quantitative estimate of drug-likeness (QED) is 0.347. The van der Waals surface area contributed by atoms with Gasteiger partial charge < -0.3 is 4.74 Å². The molecule has 1 atom stereocenters. The van der Waals surface area contributed by atoms with Crippen molar-refractivity contribution in [2.75, 3.05) is 6.61 Å². The van der Waals surface area contributed by atoms with Gasteiger partial charge in [0.15, 0.2) is 5.16 Å². The minimum Gasteiger partial charge on any atom is -0.376 e. The lowest BCUT2D eigenvalue weighted by molar-refractivity contribution is 0.0937. The average molecular weight is 403 g/mol. The van der Waals surface area contributed by atoms with E-state index in [1.165, 1.54) is 16.3 Å². The van der Waals surface area contributed by atoms with Crippen LogP contribution in [0.1, 0.15) is 18.4 Å². The van der Waals surface area contributed by atoms with Gasteiger partial charge in [-0.05, 0) is 41.3 Å². The smallest absolute Gasteiger partial charge is 0.262 e. The van der Waals surface area contributed by atoms with Gasteiger partial charge >= 0.3 is 0 Å². The largest absolute Gasteiger partial charge is 0.376 e. The van der Waals surface area contributed by atoms with Gasteiger partial charge in [-0.1, -0.05) is 66.4 Å². The van der Waals surface area contributed by atoms with Gasteiger partial charge in [-0.25, -0.2) is 4.98 Å². The van der Waals surface area contributed by atoms with Gasteiger partial charge in [0.05, 0.1) is 23.6 Å². The molecule has 0 spiro atoms. The summed E-state index contributed by atoms with van der Waals surface area (Å²) in [5.74, 6) is 0.762. The second-order valence-electron chi connectivity index (χ2n) is 7.39. The predicted octanol–water partition coefficient (Wildman–Crippen LogP) is 5.02. The van der Waals surface area contributed by atoms with Crippen LogP contribution in [0.5, 0.6) is 0 Å². The standard InChI is InChI=1S/C24H22N2O2S/c27-23-21-12-3-4-13-22(21)25-24(26(23)15-19-10-6-14-28-19)29-16-18-9-5-8-17-7-1-2-11-20(17)18/h1-5,7-9,11-13,19H,6,10,14-16H2. The van der Waals surface area contributed by atoms with Crippen LogP contribution in [0.15, 0.2) is 76.7 Å². The Labute approximate surface area is 173 Å². The molecule has 5 rings (SSSR count). The fourth-order valence-corrected chi connectivity index (χ4v) is 4.98. The highest BCUT2D eigenvalue weighted by molar-refractivity contribution is 7.98. The van der Waals surface area contributed by atoms with Crippen LogP contribution in [0.25, 0.3) is 21.7 Å². The second kappa shape index (κ2) is 8.01. The Morgan fingerprint density at radius 2 is 1.79 bits per heavy atom. The van der Waals surface area contributed by atoms with E-state index in [9.17, 15) is 4.79 Å². The molecule has 146 valence electrons. The molecular weight excluding hydrogens is 380 g/mol. The molecule has 1 aliphatic rings. The summed E-state index contributed by atoms with van der Waals surface area (Å²) >= 11 is 1.62. The van der Waals surface area contributed by atoms with Crippen molar-refractivity contribution in [1.82, 2.24) is 9.55 Å². The van der Waals surface area contributed by atoms with E-state index in [1.54, 1.807) is 11.8 Å². The van der Waals surface area contributed by atoms with Gasteiger partial charge in [-0.3, -0.25) is 9.36 Å². The lowest BCUT2D eigenvalue weighted by Crippen LogP contribution is -2.28. The number of para-hydroxylation sites is 1. The maximum atomic E-state index is 13.2. The van der Waals surface area contributed by atoms with Crippen molar-refractivity contribution < 1.29 is 4.74 Å². The Morgan fingerprint density at radius 3 is 2.66 bits per heavy atom. The zero-order valence-electron chi connectivity index (χ0n) is 16.1. The molecule has 0 N–H and O–H groups in total. The number of nitrogens with zero attached hydrogens (tertiary/aromatic N) is 2. The van der Waals surface area contributed by atoms with Crippen LogP contribution in [0.4, 0.5) is 0 Å². The predicted molar refractivity (Wildman–Crippen MR) is 118 cm³/mol. The van der Waals surface area contributed by atoms with Gasteiger partial charge in [0, 0.05) is 12.4 Å². The van der Waals surface area contributed by atoms with Crippen molar-refractivity contribution in [3.63, 3.8) is 0 Å². The van der Waals surface area contributed by atoms with E-state index in [1.807, 2.05) is 28.8 Å². The second-order valence-corrected chi connectivity index (χ2v) is 8.33. The molecule has 1 saturated heterocycles. The molecule has 0 radical (unpaired) electrons. The molecule has 0 aliphatic carbocycles. The van der Waals surface area contributed by atoms with Crippen LogP contribution in [0.3, 0.4) is 0 Å². The van der Waals surface area contributed by atoms with Crippen LogP contribution in [-0.2, 0) is 17.0 Å². The Morgan fingerprint density at radius 1 is 1.00 bits per heavy atom. The Kier molecular flexibility index (Phi) is 5.08. The van der Waals surface area contributed by atoms with Gasteiger partial charge in [0.2, 0.25) is 0 Å². The molecule has 1 aromatic heterocycles. The van der Waals surface area contributed by atoms with E-state index < -0.39 is 0 Å². The van der Waals surface area contributed by atoms with Crippen LogP contribution in [-0.4, -0.2) is 22.3 Å². The maximum absolute atomic E-state index is 13.2. The molecule has 0 bridgehead atoms. The molecule has 1 unspecified atom stereocenters. The molecule has 0 amide bonds. The van der Waals surface area contributed by atoms with E-state index in [4.69, 9.17) is 9.72 Å². The summed E-state index contributed by atoms with van der Waals surface area (Å²) in [6, 6.07) is 22.4. The first-order valence-corrected chi connectivity index (χ1v) is 11.0. The average Bonchev–Trinajstić information content (AvgIpc) is 3.28. The molecule has 0 saturated carbocycles. The Bertz CT molecular complexity index is 1220. The van der Waals surface area contributed by atoms with Crippen molar-refractivity contribution in [2.45, 2.75) is 36.4 Å². The molecule has 1 aliphatic heterocycles. The highest BCUT2D eigenvalue weighted by atomic mass is 32.2. The number of thioether (sulfide) groups is 1. The summed E-state index contributed by atoms with van der Waals surface area (Å²) in [5.41, 5.74) is 2.02. The number of rotatable bonds is 5. The number of aromatic nitrogens is 2. The molecule has 4 nitrogen and oxygen atoms in total. The van der Waals surface area contributed by atoms with Crippen LogP contribution < -0.4 is 5.56 Å². The van der Waals surface area contributed by atoms with E-state index in [-0.39, 0.29) is 11.7 Å². The summed E-state index contributed by atoms with van der Waals surface area (Å²) in [5, 5.41) is 3.90. The zero-order valence-corrected chi connectivity index (χ0v) is 16.9. The summed E-state index contributed by atoms with van der Waals surface area (Å²) < 4.78 is 7.62. The van der Waals surface area contributed by atoms with Crippen molar-refractivity contribution in [1.29, 1.82) is 0 Å². The zero-order chi connectivity index (χ0) is 19.6. The van der Waals surface area contributed by atoms with Gasteiger partial charge in [-0.2, -0.15) is 0 Å². The molecule has 4 aromatic rings. The van der Waals surface area contributed by atoms with Crippen molar-refractivity contribution in [3.05, 3.63) is 82.6 Å². The lowest BCUT2D eigenvalue weighted by Gasteiger charge is -2.16. The first-order valence-electron chi connectivity index (χ1n) is 10.0. The minimum atomic E-state index is 0.0199. The molecule has 29 heavy (non-hydrogen) atoms. The van der Waals surface area contributed by atoms with Gasteiger partial charge in [-0.15, -0.1) is 0 Å². The monoisotopic (exact) mass is 402 g/mol. The summed E-state index contributed by atoms with van der Waals surface area (Å²) in [7, 11) is 0. The van der Waals surface area contributed by atoms with E-state index in [0.29, 0.717) is 11.9 Å². The van der Waals surface area contributed by atoms with E-state index in [0.717, 1.165) is 35.9 Å². The molecule has 3 aromatic carbocycles. The number of hydrogen-bond acceptors (Lipinski definition) is 4. The molecule has 5 heteroatoms. The summed E-state index contributed by atoms with van der Waals surface area (Å²) in [6.45, 7) is 1.34. The van der Waals surface area contributed by atoms with Crippen molar-refractivity contribution >= 4 is 33.4 Å². The number of benzene rings is 3. The Balaban J connectivity index is 1.53. The van der Waals surface area contributed by atoms with Crippen LogP contribution in [0.2, 0.25) is 0 Å². The van der Waals surface area contributed by atoms with E-state index >= 15 is 0 Å². The van der Waals surface area contributed by atoms with Crippen LogP contribution >= 0.6 is 11.8 Å². The van der Waals surface area contributed by atoms with E-state index in [2.05, 4.69) is 42.5 Å². The van der Waals surface area contributed by atoms with Gasteiger partial charge in [0.25, 0.3) is 5.56 Å². The van der Waals surface area contributed by atoms with Crippen LogP contribution in [0, 0.1) is 0 Å². The molecular formula is C24H22N2O2S. The first-order chi connectivity index (χ1) is 14.3. The third-order valence-electron chi connectivity index (χ3n) is 5.47. The maximum Gasteiger partial charge on any atom is 0.262 e. The highest BCUT2D eigenvalue weighted by Gasteiger charge is 2.20. The Hall–Kier alpha value is -2.63. The number of hydrogen-bond donors (Lipinski definition) is 0. The summed E-state index contributed by atoms with van der Waals surface area (Å²) in [6.07, 6.45) is 2.14. The topological polar surface area (TPSA) is 44.1 Å². The van der Waals surface area contributed by atoms with Crippen molar-refractivity contribution in [3.8, 4) is 0 Å². The number of fused-ring (bicyclic) bond motifs is 2. The SMILES string of the molecule is O=c1c2ccccc2nc(SCc2cccc3ccccc23)n1CC1CCCO1. The fraction of sp³-hybridized carbons (Fsp3) is 0.250. The lowest BCUT2D eigenvalue weighted by atomic mass is 10.1. The van der Waals surface area contributed by atoms with Gasteiger partial charge in [0.1, 0.15) is 0 Å². The number of ether oxygens (including phenoxy) is 1. The van der Waals surface area contributed by atoms with Crippen molar-refractivity contribution in [2.24, 2.45) is 0 Å². The molecule has 1 fully saturated rings.